The van der Waals surface area contributed by atoms with Crippen LogP contribution in [0, 0.1) is 11.8 Å². The van der Waals surface area contributed by atoms with E-state index < -0.39 is 0 Å². The normalized spacial score (nSPS) is 26.4. The summed E-state index contributed by atoms with van der Waals surface area (Å²) in [6.45, 7) is 14.1. The van der Waals surface area contributed by atoms with Crippen molar-refractivity contribution in [1.82, 2.24) is 15.1 Å². The Morgan fingerprint density at radius 1 is 1.29 bits per heavy atom. The molecular weight excluding hydrogens is 431 g/mol. The first-order chi connectivity index (χ1) is 11.1. The standard InChI is InChI=1S/C18H36N4S.HI/c1-5-17-14-22(9-10-23-17)18(19-4)20-11-16-7-6-8-21(13-16)12-15(2)3;/h15-17H,5-14H2,1-4H3,(H,19,20);1H. The molecule has 142 valence electrons. The van der Waals surface area contributed by atoms with Crippen LogP contribution in [0.5, 0.6) is 0 Å². The Morgan fingerprint density at radius 3 is 2.75 bits per heavy atom. The van der Waals surface area contributed by atoms with Gasteiger partial charge in [-0.15, -0.1) is 24.0 Å². The molecule has 0 aliphatic carbocycles. The summed E-state index contributed by atoms with van der Waals surface area (Å²) in [4.78, 5) is 9.65. The molecule has 2 unspecified atom stereocenters. The Kier molecular flexibility index (Phi) is 11.0. The number of hydrogen-bond donors (Lipinski definition) is 1. The molecule has 2 saturated heterocycles. The minimum Gasteiger partial charge on any atom is -0.356 e. The van der Waals surface area contributed by atoms with E-state index in [4.69, 9.17) is 0 Å². The number of hydrogen-bond acceptors (Lipinski definition) is 3. The lowest BCUT2D eigenvalue weighted by Gasteiger charge is -2.37. The van der Waals surface area contributed by atoms with Crippen LogP contribution < -0.4 is 5.32 Å². The molecular formula is C18H37IN4S. The summed E-state index contributed by atoms with van der Waals surface area (Å²) in [6, 6.07) is 0. The van der Waals surface area contributed by atoms with Crippen molar-refractivity contribution in [1.29, 1.82) is 0 Å². The second-order valence-corrected chi connectivity index (χ2v) is 8.85. The SMILES string of the molecule is CCC1CN(C(=NC)NCC2CCCN(CC(C)C)C2)CCS1.I. The number of nitrogens with zero attached hydrogens (tertiary/aromatic N) is 3. The van der Waals surface area contributed by atoms with Crippen LogP contribution in [0.1, 0.15) is 40.0 Å². The average Bonchev–Trinajstić information content (AvgIpc) is 2.55. The van der Waals surface area contributed by atoms with Gasteiger partial charge in [0.1, 0.15) is 0 Å². The Hall–Kier alpha value is 0.310. The van der Waals surface area contributed by atoms with Crippen molar-refractivity contribution in [3.63, 3.8) is 0 Å². The fourth-order valence-corrected chi connectivity index (χ4v) is 4.91. The van der Waals surface area contributed by atoms with E-state index in [-0.39, 0.29) is 24.0 Å². The third kappa shape index (κ3) is 7.28. The summed E-state index contributed by atoms with van der Waals surface area (Å²) in [5.74, 6) is 3.88. The van der Waals surface area contributed by atoms with Gasteiger partial charge in [0, 0.05) is 50.8 Å². The van der Waals surface area contributed by atoms with Gasteiger partial charge in [-0.3, -0.25) is 4.99 Å². The van der Waals surface area contributed by atoms with Crippen molar-refractivity contribution in [3.8, 4) is 0 Å². The number of guanidine groups is 1. The van der Waals surface area contributed by atoms with Gasteiger partial charge in [0.25, 0.3) is 0 Å². The lowest BCUT2D eigenvalue weighted by atomic mass is 9.97. The molecule has 2 atom stereocenters. The fourth-order valence-electron chi connectivity index (χ4n) is 3.73. The first kappa shape index (κ1) is 22.4. The fraction of sp³-hybridized carbons (Fsp3) is 0.944. The van der Waals surface area contributed by atoms with Crippen molar-refractivity contribution in [2.75, 3.05) is 52.1 Å². The number of thioether (sulfide) groups is 1. The van der Waals surface area contributed by atoms with Gasteiger partial charge in [-0.2, -0.15) is 11.8 Å². The first-order valence-corrected chi connectivity index (χ1v) is 10.5. The predicted octanol–water partition coefficient (Wildman–Crippen LogP) is 3.38. The van der Waals surface area contributed by atoms with E-state index in [1.807, 2.05) is 7.05 Å². The molecule has 2 heterocycles. The van der Waals surface area contributed by atoms with Crippen LogP contribution in [0.4, 0.5) is 0 Å². The van der Waals surface area contributed by atoms with Crippen molar-refractivity contribution in [2.45, 2.75) is 45.3 Å². The van der Waals surface area contributed by atoms with E-state index in [2.05, 4.69) is 52.6 Å². The van der Waals surface area contributed by atoms with Crippen LogP contribution >= 0.6 is 35.7 Å². The van der Waals surface area contributed by atoms with E-state index in [1.54, 1.807) is 0 Å². The Morgan fingerprint density at radius 2 is 2.08 bits per heavy atom. The molecule has 1 N–H and O–H groups in total. The summed E-state index contributed by atoms with van der Waals surface area (Å²) in [6.07, 6.45) is 3.95. The number of aliphatic imine (C=N–C) groups is 1. The van der Waals surface area contributed by atoms with Crippen LogP contribution in [-0.2, 0) is 0 Å². The molecule has 0 bridgehead atoms. The van der Waals surface area contributed by atoms with Crippen LogP contribution in [0.2, 0.25) is 0 Å². The highest BCUT2D eigenvalue weighted by molar-refractivity contribution is 14.0. The minimum absolute atomic E-state index is 0. The second kappa shape index (κ2) is 11.8. The number of piperidine rings is 1. The largest absolute Gasteiger partial charge is 0.356 e. The third-order valence-electron chi connectivity index (χ3n) is 4.88. The maximum absolute atomic E-state index is 4.54. The zero-order valence-corrected chi connectivity index (χ0v) is 19.1. The summed E-state index contributed by atoms with van der Waals surface area (Å²) < 4.78 is 0. The number of halogens is 1. The van der Waals surface area contributed by atoms with Crippen molar-refractivity contribution >= 4 is 41.7 Å². The van der Waals surface area contributed by atoms with Gasteiger partial charge in [-0.1, -0.05) is 20.8 Å². The van der Waals surface area contributed by atoms with Gasteiger partial charge >= 0.3 is 0 Å². The molecule has 2 aliphatic rings. The Bertz CT molecular complexity index is 378. The first-order valence-electron chi connectivity index (χ1n) is 9.41. The highest BCUT2D eigenvalue weighted by atomic mass is 127. The topological polar surface area (TPSA) is 30.9 Å². The maximum Gasteiger partial charge on any atom is 0.193 e. The molecule has 0 aromatic rings. The zero-order valence-electron chi connectivity index (χ0n) is 16.0. The van der Waals surface area contributed by atoms with Crippen LogP contribution in [0.25, 0.3) is 0 Å². The van der Waals surface area contributed by atoms with E-state index in [9.17, 15) is 0 Å². The van der Waals surface area contributed by atoms with E-state index >= 15 is 0 Å². The maximum atomic E-state index is 4.54. The van der Waals surface area contributed by atoms with Crippen LogP contribution in [0.3, 0.4) is 0 Å². The van der Waals surface area contributed by atoms with E-state index in [0.717, 1.165) is 42.7 Å². The third-order valence-corrected chi connectivity index (χ3v) is 6.25. The van der Waals surface area contributed by atoms with E-state index in [0.29, 0.717) is 0 Å². The molecule has 0 spiro atoms. The Labute approximate surface area is 170 Å². The van der Waals surface area contributed by atoms with Crippen molar-refractivity contribution in [2.24, 2.45) is 16.8 Å². The molecule has 2 aliphatic heterocycles. The summed E-state index contributed by atoms with van der Waals surface area (Å²) >= 11 is 2.12. The average molecular weight is 468 g/mol. The molecule has 0 radical (unpaired) electrons. The molecule has 0 saturated carbocycles. The smallest absolute Gasteiger partial charge is 0.193 e. The van der Waals surface area contributed by atoms with Gasteiger partial charge in [0.05, 0.1) is 0 Å². The summed E-state index contributed by atoms with van der Waals surface area (Å²) in [5.41, 5.74) is 0. The summed E-state index contributed by atoms with van der Waals surface area (Å²) in [5, 5.41) is 4.43. The van der Waals surface area contributed by atoms with Gasteiger partial charge in [-0.05, 0) is 37.6 Å². The van der Waals surface area contributed by atoms with Crippen molar-refractivity contribution < 1.29 is 0 Å². The zero-order chi connectivity index (χ0) is 16.7. The minimum atomic E-state index is 0. The highest BCUT2D eigenvalue weighted by Crippen LogP contribution is 2.21. The number of likely N-dealkylation sites (tertiary alicyclic amines) is 1. The highest BCUT2D eigenvalue weighted by Gasteiger charge is 2.24. The molecule has 2 fully saturated rings. The lowest BCUT2D eigenvalue weighted by Crippen LogP contribution is -2.50. The van der Waals surface area contributed by atoms with Crippen LogP contribution in [0.15, 0.2) is 4.99 Å². The molecule has 2 rings (SSSR count). The predicted molar refractivity (Wildman–Crippen MR) is 119 cm³/mol. The van der Waals surface area contributed by atoms with Crippen LogP contribution in [-0.4, -0.2) is 73.1 Å². The van der Waals surface area contributed by atoms with Gasteiger partial charge in [-0.25, -0.2) is 0 Å². The van der Waals surface area contributed by atoms with Gasteiger partial charge in [0.15, 0.2) is 5.96 Å². The van der Waals surface area contributed by atoms with Gasteiger partial charge < -0.3 is 15.1 Å². The molecule has 0 aromatic carbocycles. The van der Waals surface area contributed by atoms with Crippen molar-refractivity contribution in [3.05, 3.63) is 0 Å². The molecule has 24 heavy (non-hydrogen) atoms. The lowest BCUT2D eigenvalue weighted by molar-refractivity contribution is 0.159. The summed E-state index contributed by atoms with van der Waals surface area (Å²) in [7, 11) is 1.93. The van der Waals surface area contributed by atoms with E-state index in [1.165, 1.54) is 44.6 Å². The second-order valence-electron chi connectivity index (χ2n) is 7.44. The molecule has 6 heteroatoms. The molecule has 0 amide bonds. The van der Waals surface area contributed by atoms with Gasteiger partial charge in [0.2, 0.25) is 0 Å². The number of rotatable bonds is 5. The molecule has 0 aromatic heterocycles. The number of nitrogens with one attached hydrogen (secondary N) is 1. The quantitative estimate of drug-likeness (QED) is 0.381. The molecule has 4 nitrogen and oxygen atoms in total. The Balaban J connectivity index is 0.00000288. The monoisotopic (exact) mass is 468 g/mol.